The van der Waals surface area contributed by atoms with E-state index in [0.29, 0.717) is 28.6 Å². The van der Waals surface area contributed by atoms with E-state index in [4.69, 9.17) is 11.5 Å². The van der Waals surface area contributed by atoms with E-state index >= 15 is 0 Å². The highest BCUT2D eigenvalue weighted by atomic mass is 32.2. The van der Waals surface area contributed by atoms with Gasteiger partial charge in [0.15, 0.2) is 5.13 Å². The van der Waals surface area contributed by atoms with Crippen LogP contribution in [0.15, 0.2) is 28.0 Å². The third-order valence-corrected chi connectivity index (χ3v) is 6.67. The average molecular weight is 405 g/mol. The molecule has 8 nitrogen and oxygen atoms in total. The van der Waals surface area contributed by atoms with Crippen LogP contribution in [-0.2, 0) is 9.59 Å². The molecule has 0 bridgehead atoms. The molecule has 1 aromatic rings. The molecular weight excluding hydrogens is 384 g/mol. The number of primary amides is 1. The van der Waals surface area contributed by atoms with Crippen molar-refractivity contribution >= 4 is 45.1 Å². The molecule has 1 atom stereocenters. The fraction of sp³-hybridized carbons (Fsp3) is 0.471. The average Bonchev–Trinajstić information content (AvgIpc) is 3.13. The van der Waals surface area contributed by atoms with Gasteiger partial charge in [-0.15, -0.1) is 11.3 Å². The van der Waals surface area contributed by atoms with Gasteiger partial charge in [0.05, 0.1) is 28.4 Å². The van der Waals surface area contributed by atoms with Gasteiger partial charge in [-0.25, -0.2) is 9.98 Å². The lowest BCUT2D eigenvalue weighted by Crippen LogP contribution is -2.48. The zero-order valence-corrected chi connectivity index (χ0v) is 16.2. The lowest BCUT2D eigenvalue weighted by Gasteiger charge is -2.44. The lowest BCUT2D eigenvalue weighted by atomic mass is 9.61. The second-order valence-corrected chi connectivity index (χ2v) is 8.44. The molecule has 1 aliphatic carbocycles. The topological polar surface area (TPSA) is 147 Å². The molecule has 10 heteroatoms. The van der Waals surface area contributed by atoms with E-state index < -0.39 is 17.2 Å². The van der Waals surface area contributed by atoms with Gasteiger partial charge in [0.1, 0.15) is 5.82 Å². The number of hydrogen-bond acceptors (Lipinski definition) is 8. The monoisotopic (exact) mass is 404 g/mol. The summed E-state index contributed by atoms with van der Waals surface area (Å²) in [5, 5.41) is 15.0. The van der Waals surface area contributed by atoms with E-state index in [0.717, 1.165) is 31.0 Å². The highest BCUT2D eigenvalue weighted by molar-refractivity contribution is 8.14. The second-order valence-electron chi connectivity index (χ2n) is 6.55. The number of aromatic nitrogens is 1. The quantitative estimate of drug-likeness (QED) is 0.699. The Hall–Kier alpha value is -2.38. The van der Waals surface area contributed by atoms with Gasteiger partial charge in [-0.2, -0.15) is 5.26 Å². The Morgan fingerprint density at radius 1 is 1.41 bits per heavy atom. The number of nitriles is 1. The van der Waals surface area contributed by atoms with Crippen LogP contribution in [0, 0.1) is 22.7 Å². The maximum atomic E-state index is 12.4. The molecule has 0 saturated heterocycles. The number of carbonyl (C=O) groups excluding carboxylic acids is 2. The Balaban J connectivity index is 1.84. The summed E-state index contributed by atoms with van der Waals surface area (Å²) in [5.41, 5.74) is 11.4. The number of thioether (sulfide) groups is 1. The van der Waals surface area contributed by atoms with Crippen molar-refractivity contribution in [2.24, 2.45) is 27.8 Å². The number of allylic oxidation sites excluding steroid dienone is 1. The van der Waals surface area contributed by atoms with E-state index in [1.807, 2.05) is 0 Å². The molecule has 2 heterocycles. The van der Waals surface area contributed by atoms with Crippen molar-refractivity contribution in [3.8, 4) is 6.07 Å². The van der Waals surface area contributed by atoms with Gasteiger partial charge in [-0.1, -0.05) is 31.0 Å². The Bertz CT molecular complexity index is 834. The van der Waals surface area contributed by atoms with Crippen molar-refractivity contribution in [3.05, 3.63) is 23.0 Å². The minimum absolute atomic E-state index is 0.0490. The van der Waals surface area contributed by atoms with Gasteiger partial charge in [0.25, 0.3) is 0 Å². The number of aliphatic imine (C=N–C) groups is 1. The Kier molecular flexibility index (Phi) is 5.82. The number of anilines is 1. The van der Waals surface area contributed by atoms with Gasteiger partial charge in [-0.3, -0.25) is 9.59 Å². The van der Waals surface area contributed by atoms with Gasteiger partial charge in [0.2, 0.25) is 11.8 Å². The molecule has 1 aliphatic heterocycles. The number of nitrogens with two attached hydrogens (primary N) is 2. The molecule has 1 saturated carbocycles. The van der Waals surface area contributed by atoms with Crippen LogP contribution < -0.4 is 16.8 Å². The summed E-state index contributed by atoms with van der Waals surface area (Å²) in [7, 11) is 0. The second kappa shape index (κ2) is 8.10. The van der Waals surface area contributed by atoms with Crippen LogP contribution >= 0.6 is 23.1 Å². The lowest BCUT2D eigenvalue weighted by molar-refractivity contribution is -0.123. The largest absolute Gasteiger partial charge is 0.383 e. The Morgan fingerprint density at radius 2 is 2.15 bits per heavy atom. The van der Waals surface area contributed by atoms with Gasteiger partial charge in [0, 0.05) is 17.0 Å². The minimum Gasteiger partial charge on any atom is -0.383 e. The highest BCUT2D eigenvalue weighted by Gasteiger charge is 2.51. The van der Waals surface area contributed by atoms with Crippen molar-refractivity contribution in [2.45, 2.75) is 32.1 Å². The van der Waals surface area contributed by atoms with Crippen LogP contribution in [0.1, 0.15) is 32.1 Å². The molecular formula is C17H20N6O2S2. The van der Waals surface area contributed by atoms with E-state index in [9.17, 15) is 14.9 Å². The first kappa shape index (κ1) is 19.4. The van der Waals surface area contributed by atoms with Crippen LogP contribution in [0.3, 0.4) is 0 Å². The number of nitrogens with one attached hydrogen (secondary N) is 1. The van der Waals surface area contributed by atoms with Crippen LogP contribution in [-0.4, -0.2) is 27.6 Å². The Morgan fingerprint density at radius 3 is 2.74 bits per heavy atom. The predicted octanol–water partition coefficient (Wildman–Crippen LogP) is 1.97. The molecule has 0 radical (unpaired) electrons. The summed E-state index contributed by atoms with van der Waals surface area (Å²) >= 11 is 2.46. The van der Waals surface area contributed by atoms with Crippen molar-refractivity contribution in [3.63, 3.8) is 0 Å². The summed E-state index contributed by atoms with van der Waals surface area (Å²) in [5.74, 6) is -1.36. The zero-order chi connectivity index (χ0) is 19.4. The van der Waals surface area contributed by atoms with Gasteiger partial charge < -0.3 is 16.8 Å². The minimum atomic E-state index is -0.739. The first-order valence-electron chi connectivity index (χ1n) is 8.58. The number of amides is 2. The van der Waals surface area contributed by atoms with E-state index in [2.05, 4.69) is 21.4 Å². The molecule has 1 spiro atoms. The number of rotatable bonds is 4. The van der Waals surface area contributed by atoms with Crippen LogP contribution in [0.5, 0.6) is 0 Å². The number of carbonyl (C=O) groups is 2. The molecule has 5 N–H and O–H groups in total. The summed E-state index contributed by atoms with van der Waals surface area (Å²) in [4.78, 5) is 32.8. The molecule has 0 aromatic carbocycles. The zero-order valence-electron chi connectivity index (χ0n) is 14.6. The molecule has 27 heavy (non-hydrogen) atoms. The van der Waals surface area contributed by atoms with Crippen LogP contribution in [0.25, 0.3) is 0 Å². The van der Waals surface area contributed by atoms with Crippen molar-refractivity contribution < 1.29 is 9.59 Å². The molecule has 142 valence electrons. The number of hydrogen-bond donors (Lipinski definition) is 3. The van der Waals surface area contributed by atoms with E-state index in [1.54, 1.807) is 11.6 Å². The third-order valence-electron chi connectivity index (χ3n) is 4.96. The first-order valence-corrected chi connectivity index (χ1v) is 10.4. The smallest absolute Gasteiger partial charge is 0.236 e. The maximum absolute atomic E-state index is 12.4. The Labute approximate surface area is 165 Å². The standard InChI is InChI=1S/C17H20N6O2S2/c18-8-10-13(19)23-15(27-9-11(24)22-16-21-6-7-26-16)12(14(20)25)17(10)4-2-1-3-5-17/h6-7,12H,1-5,9,19H2,(H2,20,25)(H,21,22,24). The molecule has 3 rings (SSSR count). The van der Waals surface area contributed by atoms with E-state index in [1.165, 1.54) is 11.3 Å². The van der Waals surface area contributed by atoms with Crippen LogP contribution in [0.4, 0.5) is 5.13 Å². The summed E-state index contributed by atoms with van der Waals surface area (Å²) < 4.78 is 0. The summed E-state index contributed by atoms with van der Waals surface area (Å²) in [6, 6.07) is 2.16. The molecule has 2 aliphatic rings. The fourth-order valence-electron chi connectivity index (χ4n) is 3.85. The van der Waals surface area contributed by atoms with Gasteiger partial charge in [-0.05, 0) is 12.8 Å². The molecule has 1 unspecified atom stereocenters. The molecule has 2 amide bonds. The molecule has 1 fully saturated rings. The van der Waals surface area contributed by atoms with Gasteiger partial charge >= 0.3 is 0 Å². The summed E-state index contributed by atoms with van der Waals surface area (Å²) in [6.45, 7) is 0. The normalized spacial score (nSPS) is 21.4. The van der Waals surface area contributed by atoms with Crippen LogP contribution in [0.2, 0.25) is 0 Å². The highest BCUT2D eigenvalue weighted by Crippen LogP contribution is 2.52. The van der Waals surface area contributed by atoms with E-state index in [-0.39, 0.29) is 17.5 Å². The van der Waals surface area contributed by atoms with Crippen molar-refractivity contribution in [2.75, 3.05) is 11.1 Å². The molecule has 1 aromatic heterocycles. The first-order chi connectivity index (χ1) is 13.0. The summed E-state index contributed by atoms with van der Waals surface area (Å²) in [6.07, 6.45) is 5.75. The van der Waals surface area contributed by atoms with Crippen molar-refractivity contribution in [1.82, 2.24) is 4.98 Å². The predicted molar refractivity (Wildman–Crippen MR) is 106 cm³/mol. The fourth-order valence-corrected chi connectivity index (χ4v) is 5.42. The number of nitrogens with zero attached hydrogens (tertiary/aromatic N) is 3. The maximum Gasteiger partial charge on any atom is 0.236 e. The van der Waals surface area contributed by atoms with Crippen molar-refractivity contribution in [1.29, 1.82) is 5.26 Å². The SMILES string of the molecule is N#CC1=C(N)N=C(SCC(=O)Nc2nccs2)C(C(N)=O)C12CCCCC2. The number of thiazole rings is 1. The third kappa shape index (κ3) is 3.84.